The molecule has 1 aromatic carbocycles. The smallest absolute Gasteiger partial charge is 0.245 e. The van der Waals surface area contributed by atoms with Crippen molar-refractivity contribution in [3.05, 3.63) is 30.1 Å². The number of amides is 2. The predicted octanol–water partition coefficient (Wildman–Crippen LogP) is 3.99. The molecule has 2 N–H and O–H groups in total. The average Bonchev–Trinajstić information content (AvgIpc) is 3.22. The Bertz CT molecular complexity index is 851. The van der Waals surface area contributed by atoms with Gasteiger partial charge in [-0.2, -0.15) is 0 Å². The zero-order valence-corrected chi connectivity index (χ0v) is 18.2. The molecule has 1 aliphatic heterocycles. The lowest BCUT2D eigenvalue weighted by atomic mass is 9.88. The molecule has 2 fully saturated rings. The van der Waals surface area contributed by atoms with Crippen molar-refractivity contribution in [1.29, 1.82) is 0 Å². The fourth-order valence-electron chi connectivity index (χ4n) is 4.91. The molecule has 2 amide bonds. The number of carbonyl (C=O) groups excluding carboxylic acids is 2. The van der Waals surface area contributed by atoms with Gasteiger partial charge in [-0.05, 0) is 43.7 Å². The lowest BCUT2D eigenvalue weighted by Gasteiger charge is -2.36. The fourth-order valence-corrected chi connectivity index (χ4v) is 4.91. The standard InChI is InChI=1S/C24H34N4O2/c1-16(2)21(27-23(29)17-9-4-3-5-10-17)24(30)28-14-8-11-18(15-28)22-25-19-12-6-7-13-20(19)26-22/h6-7,12-13,16-18,21H,3-5,8-11,14-15H2,1-2H3,(H,25,26)(H,27,29)/t18-,21-/m1/s1. The Labute approximate surface area is 178 Å². The molecule has 4 rings (SSSR count). The summed E-state index contributed by atoms with van der Waals surface area (Å²) in [6, 6.07) is 7.59. The number of nitrogens with one attached hydrogen (secondary N) is 2. The van der Waals surface area contributed by atoms with Crippen LogP contribution in [-0.2, 0) is 9.59 Å². The van der Waals surface area contributed by atoms with E-state index >= 15 is 0 Å². The summed E-state index contributed by atoms with van der Waals surface area (Å²) in [6.45, 7) is 5.44. The van der Waals surface area contributed by atoms with Gasteiger partial charge in [0.15, 0.2) is 0 Å². The summed E-state index contributed by atoms with van der Waals surface area (Å²) in [5.74, 6) is 1.41. The van der Waals surface area contributed by atoms with Gasteiger partial charge in [0.1, 0.15) is 11.9 Å². The summed E-state index contributed by atoms with van der Waals surface area (Å²) in [6.07, 6.45) is 7.31. The first kappa shape index (κ1) is 20.9. The van der Waals surface area contributed by atoms with Gasteiger partial charge in [0, 0.05) is 24.9 Å². The first-order valence-electron chi connectivity index (χ1n) is 11.6. The van der Waals surface area contributed by atoms with Crippen LogP contribution < -0.4 is 5.32 Å². The van der Waals surface area contributed by atoms with Crippen LogP contribution in [0.15, 0.2) is 24.3 Å². The quantitative estimate of drug-likeness (QED) is 0.782. The van der Waals surface area contributed by atoms with E-state index in [1.165, 1.54) is 6.42 Å². The van der Waals surface area contributed by atoms with E-state index < -0.39 is 6.04 Å². The molecule has 6 nitrogen and oxygen atoms in total. The zero-order valence-electron chi connectivity index (χ0n) is 18.2. The second-order valence-corrected chi connectivity index (χ2v) is 9.33. The lowest BCUT2D eigenvalue weighted by molar-refractivity contribution is -0.140. The zero-order chi connectivity index (χ0) is 21.1. The maximum Gasteiger partial charge on any atom is 0.245 e. The van der Waals surface area contributed by atoms with E-state index in [-0.39, 0.29) is 29.6 Å². The first-order chi connectivity index (χ1) is 14.5. The maximum absolute atomic E-state index is 13.4. The van der Waals surface area contributed by atoms with E-state index in [0.717, 1.165) is 61.9 Å². The van der Waals surface area contributed by atoms with Gasteiger partial charge in [0.05, 0.1) is 11.0 Å². The van der Waals surface area contributed by atoms with Crippen molar-refractivity contribution < 1.29 is 9.59 Å². The minimum absolute atomic E-state index is 0.0509. The molecule has 2 heterocycles. The number of aromatic amines is 1. The predicted molar refractivity (Wildman–Crippen MR) is 118 cm³/mol. The van der Waals surface area contributed by atoms with E-state index in [0.29, 0.717) is 6.54 Å². The van der Waals surface area contributed by atoms with Gasteiger partial charge in [0.2, 0.25) is 11.8 Å². The third kappa shape index (κ3) is 4.52. The van der Waals surface area contributed by atoms with Crippen molar-refractivity contribution in [2.75, 3.05) is 13.1 Å². The Morgan fingerprint density at radius 3 is 2.60 bits per heavy atom. The summed E-state index contributed by atoms with van der Waals surface area (Å²) in [5.41, 5.74) is 2.01. The molecular weight excluding hydrogens is 376 g/mol. The van der Waals surface area contributed by atoms with Gasteiger partial charge in [-0.1, -0.05) is 45.2 Å². The van der Waals surface area contributed by atoms with Gasteiger partial charge in [-0.25, -0.2) is 4.98 Å². The Morgan fingerprint density at radius 1 is 1.10 bits per heavy atom. The summed E-state index contributed by atoms with van der Waals surface area (Å²) in [7, 11) is 0. The molecule has 0 bridgehead atoms. The summed E-state index contributed by atoms with van der Waals surface area (Å²) in [4.78, 5) is 36.3. The highest BCUT2D eigenvalue weighted by Gasteiger charge is 2.34. The van der Waals surface area contributed by atoms with E-state index in [1.54, 1.807) is 0 Å². The Balaban J connectivity index is 1.44. The number of para-hydroxylation sites is 2. The van der Waals surface area contributed by atoms with Crippen LogP contribution in [-0.4, -0.2) is 45.8 Å². The molecule has 0 spiro atoms. The number of nitrogens with zero attached hydrogens (tertiary/aromatic N) is 2. The SMILES string of the molecule is CC(C)[C@@H](NC(=O)C1CCCCC1)C(=O)N1CCC[C@@H](c2nc3ccccc3[nH]2)C1. The number of rotatable bonds is 5. The molecule has 1 aromatic heterocycles. The summed E-state index contributed by atoms with van der Waals surface area (Å²) < 4.78 is 0. The van der Waals surface area contributed by atoms with Crippen molar-refractivity contribution in [3.8, 4) is 0 Å². The number of piperidine rings is 1. The minimum Gasteiger partial charge on any atom is -0.344 e. The molecule has 1 saturated carbocycles. The van der Waals surface area contributed by atoms with Crippen molar-refractivity contribution in [1.82, 2.24) is 20.2 Å². The third-order valence-corrected chi connectivity index (χ3v) is 6.73. The van der Waals surface area contributed by atoms with Gasteiger partial charge < -0.3 is 15.2 Å². The number of benzene rings is 1. The highest BCUT2D eigenvalue weighted by molar-refractivity contribution is 5.89. The van der Waals surface area contributed by atoms with E-state index in [9.17, 15) is 9.59 Å². The number of fused-ring (bicyclic) bond motifs is 1. The molecule has 2 aromatic rings. The van der Waals surface area contributed by atoms with Gasteiger partial charge in [-0.3, -0.25) is 9.59 Å². The molecule has 2 atom stereocenters. The van der Waals surface area contributed by atoms with Crippen LogP contribution in [0.4, 0.5) is 0 Å². The highest BCUT2D eigenvalue weighted by Crippen LogP contribution is 2.28. The number of H-pyrrole nitrogens is 1. The Kier molecular flexibility index (Phi) is 6.40. The lowest BCUT2D eigenvalue weighted by Crippen LogP contribution is -2.54. The molecule has 30 heavy (non-hydrogen) atoms. The number of aromatic nitrogens is 2. The molecule has 6 heteroatoms. The van der Waals surface area contributed by atoms with Crippen molar-refractivity contribution in [3.63, 3.8) is 0 Å². The molecule has 2 aliphatic rings. The van der Waals surface area contributed by atoms with Crippen molar-refractivity contribution in [2.24, 2.45) is 11.8 Å². The number of imidazole rings is 1. The average molecular weight is 411 g/mol. The van der Waals surface area contributed by atoms with Gasteiger partial charge in [-0.15, -0.1) is 0 Å². The second-order valence-electron chi connectivity index (χ2n) is 9.33. The second kappa shape index (κ2) is 9.19. The molecule has 0 radical (unpaired) electrons. The maximum atomic E-state index is 13.4. The highest BCUT2D eigenvalue weighted by atomic mass is 16.2. The summed E-state index contributed by atoms with van der Waals surface area (Å²) >= 11 is 0. The topological polar surface area (TPSA) is 78.1 Å². The van der Waals surface area contributed by atoms with E-state index in [2.05, 4.69) is 10.3 Å². The van der Waals surface area contributed by atoms with Crippen LogP contribution in [0.2, 0.25) is 0 Å². The van der Waals surface area contributed by atoms with Gasteiger partial charge in [0.25, 0.3) is 0 Å². The minimum atomic E-state index is -0.450. The molecule has 162 valence electrons. The molecule has 1 aliphatic carbocycles. The van der Waals surface area contributed by atoms with E-state index in [4.69, 9.17) is 4.98 Å². The normalized spacial score (nSPS) is 21.7. The van der Waals surface area contributed by atoms with Crippen LogP contribution in [0.5, 0.6) is 0 Å². The van der Waals surface area contributed by atoms with Crippen LogP contribution >= 0.6 is 0 Å². The number of hydrogen-bond acceptors (Lipinski definition) is 3. The first-order valence-corrected chi connectivity index (χ1v) is 11.6. The molecule has 0 unspecified atom stereocenters. The molecular formula is C24H34N4O2. The summed E-state index contributed by atoms with van der Waals surface area (Å²) in [5, 5.41) is 3.11. The number of likely N-dealkylation sites (tertiary alicyclic amines) is 1. The van der Waals surface area contributed by atoms with Crippen molar-refractivity contribution >= 4 is 22.8 Å². The molecule has 1 saturated heterocycles. The number of hydrogen-bond donors (Lipinski definition) is 2. The Hall–Kier alpha value is -2.37. The van der Waals surface area contributed by atoms with Gasteiger partial charge >= 0.3 is 0 Å². The number of carbonyl (C=O) groups is 2. The largest absolute Gasteiger partial charge is 0.344 e. The van der Waals surface area contributed by atoms with Crippen molar-refractivity contribution in [2.45, 2.75) is 70.8 Å². The Morgan fingerprint density at radius 2 is 1.87 bits per heavy atom. The van der Waals surface area contributed by atoms with E-state index in [1.807, 2.05) is 43.0 Å². The fraction of sp³-hybridized carbons (Fsp3) is 0.625. The van der Waals surface area contributed by atoms with Crippen LogP contribution in [0, 0.1) is 11.8 Å². The van der Waals surface area contributed by atoms with Crippen LogP contribution in [0.25, 0.3) is 11.0 Å². The van der Waals surface area contributed by atoms with Crippen LogP contribution in [0.3, 0.4) is 0 Å². The van der Waals surface area contributed by atoms with Crippen LogP contribution in [0.1, 0.15) is 70.5 Å². The third-order valence-electron chi connectivity index (χ3n) is 6.73. The monoisotopic (exact) mass is 410 g/mol.